The number of aromatic nitrogens is 1. The van der Waals surface area contributed by atoms with E-state index in [-0.39, 0.29) is 12.3 Å². The van der Waals surface area contributed by atoms with Crippen LogP contribution in [0.2, 0.25) is 0 Å². The van der Waals surface area contributed by atoms with Crippen molar-refractivity contribution in [3.63, 3.8) is 0 Å². The molecule has 1 heterocycles. The number of fused-ring (bicyclic) bond motifs is 1. The monoisotopic (exact) mass is 311 g/mol. The molecule has 1 aromatic heterocycles. The molecule has 0 unspecified atom stereocenters. The van der Waals surface area contributed by atoms with E-state index in [0.717, 1.165) is 9.71 Å². The molecule has 0 saturated heterocycles. The van der Waals surface area contributed by atoms with E-state index < -0.39 is 4.92 Å². The smallest absolute Gasteiger partial charge is 0.271 e. The highest BCUT2D eigenvalue weighted by Crippen LogP contribution is 2.26. The van der Waals surface area contributed by atoms with Crippen molar-refractivity contribution >= 4 is 27.2 Å². The first-order valence-electron chi connectivity index (χ1n) is 6.32. The van der Waals surface area contributed by atoms with Crippen molar-refractivity contribution in [2.45, 2.75) is 6.61 Å². The van der Waals surface area contributed by atoms with Gasteiger partial charge in [0, 0.05) is 12.1 Å². The zero-order chi connectivity index (χ0) is 15.5. The maximum absolute atomic E-state index is 10.7. The molecule has 0 atom stereocenters. The molecule has 0 spiro atoms. The molecule has 3 rings (SSSR count). The molecule has 0 radical (unpaired) electrons. The second-order valence-corrected chi connectivity index (χ2v) is 5.56. The fraction of sp³-hybridized carbons (Fsp3) is 0.0667. The molecule has 0 bridgehead atoms. The Labute approximate surface area is 129 Å². The van der Waals surface area contributed by atoms with Gasteiger partial charge in [-0.2, -0.15) is 5.26 Å². The average Bonchev–Trinajstić information content (AvgIpc) is 2.95. The number of rotatable bonds is 4. The number of nitrogens with zero attached hydrogens (tertiary/aromatic N) is 3. The van der Waals surface area contributed by atoms with E-state index in [9.17, 15) is 10.1 Å². The van der Waals surface area contributed by atoms with E-state index in [1.54, 1.807) is 30.3 Å². The number of hydrogen-bond acceptors (Lipinski definition) is 6. The van der Waals surface area contributed by atoms with Crippen LogP contribution in [0.1, 0.15) is 10.6 Å². The van der Waals surface area contributed by atoms with E-state index in [1.165, 1.54) is 23.5 Å². The zero-order valence-electron chi connectivity index (χ0n) is 11.2. The number of nitriles is 1. The van der Waals surface area contributed by atoms with Crippen LogP contribution in [0.5, 0.6) is 5.75 Å². The summed E-state index contributed by atoms with van der Waals surface area (Å²) < 4.78 is 6.48. The van der Waals surface area contributed by atoms with Gasteiger partial charge in [-0.15, -0.1) is 11.3 Å². The summed E-state index contributed by atoms with van der Waals surface area (Å²) >= 11 is 1.43. The maximum atomic E-state index is 10.7. The summed E-state index contributed by atoms with van der Waals surface area (Å²) in [5.41, 5.74) is 1.19. The van der Waals surface area contributed by atoms with Crippen LogP contribution in [-0.4, -0.2) is 9.91 Å². The van der Waals surface area contributed by atoms with Gasteiger partial charge in [0.05, 0.1) is 26.8 Å². The van der Waals surface area contributed by atoms with E-state index in [0.29, 0.717) is 16.8 Å². The van der Waals surface area contributed by atoms with Crippen LogP contribution in [0.4, 0.5) is 5.69 Å². The Bertz CT molecular complexity index is 881. The second-order valence-electron chi connectivity index (χ2n) is 4.44. The predicted molar refractivity (Wildman–Crippen MR) is 81.8 cm³/mol. The van der Waals surface area contributed by atoms with Gasteiger partial charge in [-0.1, -0.05) is 0 Å². The summed E-state index contributed by atoms with van der Waals surface area (Å²) in [4.78, 5) is 14.7. The third kappa shape index (κ3) is 2.87. The maximum Gasteiger partial charge on any atom is 0.271 e. The summed E-state index contributed by atoms with van der Waals surface area (Å²) in [6, 6.07) is 13.4. The van der Waals surface area contributed by atoms with Crippen molar-refractivity contribution in [1.29, 1.82) is 5.26 Å². The van der Waals surface area contributed by atoms with Crippen LogP contribution in [0.25, 0.3) is 10.2 Å². The Morgan fingerprint density at radius 1 is 1.27 bits per heavy atom. The second kappa shape index (κ2) is 5.79. The van der Waals surface area contributed by atoms with Crippen molar-refractivity contribution in [2.24, 2.45) is 0 Å². The van der Waals surface area contributed by atoms with Gasteiger partial charge in [0.2, 0.25) is 0 Å². The molecule has 6 nitrogen and oxygen atoms in total. The van der Waals surface area contributed by atoms with Gasteiger partial charge >= 0.3 is 0 Å². The highest BCUT2D eigenvalue weighted by Gasteiger charge is 2.10. The summed E-state index contributed by atoms with van der Waals surface area (Å²) in [7, 11) is 0. The SMILES string of the molecule is N#Cc1ccc(OCc2nc3cc([N+](=O)[O-])ccc3s2)cc1. The van der Waals surface area contributed by atoms with Crippen LogP contribution in [-0.2, 0) is 6.61 Å². The van der Waals surface area contributed by atoms with Crippen LogP contribution in [0.15, 0.2) is 42.5 Å². The van der Waals surface area contributed by atoms with Crippen molar-refractivity contribution in [1.82, 2.24) is 4.98 Å². The molecule has 0 amide bonds. The third-order valence-corrected chi connectivity index (χ3v) is 3.98. The normalized spacial score (nSPS) is 10.3. The lowest BCUT2D eigenvalue weighted by molar-refractivity contribution is -0.384. The van der Waals surface area contributed by atoms with Gasteiger partial charge in [-0.25, -0.2) is 4.98 Å². The van der Waals surface area contributed by atoms with Crippen molar-refractivity contribution < 1.29 is 9.66 Å². The topological polar surface area (TPSA) is 89.0 Å². The first-order valence-corrected chi connectivity index (χ1v) is 7.14. The predicted octanol–water partition coefficient (Wildman–Crippen LogP) is 3.66. The van der Waals surface area contributed by atoms with Gasteiger partial charge in [0.25, 0.3) is 5.69 Å². The fourth-order valence-electron chi connectivity index (χ4n) is 1.91. The first kappa shape index (κ1) is 14.0. The lowest BCUT2D eigenvalue weighted by Gasteiger charge is -2.03. The van der Waals surface area contributed by atoms with Crippen LogP contribution < -0.4 is 4.74 Å². The number of non-ortho nitro benzene ring substituents is 1. The first-order chi connectivity index (χ1) is 10.7. The Kier molecular flexibility index (Phi) is 3.68. The van der Waals surface area contributed by atoms with E-state index in [2.05, 4.69) is 4.98 Å². The summed E-state index contributed by atoms with van der Waals surface area (Å²) in [5.74, 6) is 0.643. The molecule has 108 valence electrons. The molecule has 3 aromatic rings. The van der Waals surface area contributed by atoms with Gasteiger partial charge in [0.1, 0.15) is 17.4 Å². The van der Waals surface area contributed by atoms with Crippen molar-refractivity contribution in [3.05, 3.63) is 63.1 Å². The molecule has 0 aliphatic rings. The van der Waals surface area contributed by atoms with Gasteiger partial charge < -0.3 is 4.74 Å². The third-order valence-electron chi connectivity index (χ3n) is 2.97. The molecule has 0 aliphatic heterocycles. The van der Waals surface area contributed by atoms with Crippen LogP contribution >= 0.6 is 11.3 Å². The number of hydrogen-bond donors (Lipinski definition) is 0. The lowest BCUT2D eigenvalue weighted by atomic mass is 10.2. The molecule has 0 aliphatic carbocycles. The Morgan fingerprint density at radius 2 is 2.05 bits per heavy atom. The van der Waals surface area contributed by atoms with Crippen LogP contribution in [0.3, 0.4) is 0 Å². The number of nitro benzene ring substituents is 1. The van der Waals surface area contributed by atoms with Crippen LogP contribution in [0, 0.1) is 21.4 Å². The Morgan fingerprint density at radius 3 is 2.73 bits per heavy atom. The summed E-state index contributed by atoms with van der Waals surface area (Å²) in [6.45, 7) is 0.277. The minimum atomic E-state index is -0.439. The molecule has 0 N–H and O–H groups in total. The minimum Gasteiger partial charge on any atom is -0.486 e. The van der Waals surface area contributed by atoms with Crippen molar-refractivity contribution in [2.75, 3.05) is 0 Å². The zero-order valence-corrected chi connectivity index (χ0v) is 12.0. The highest BCUT2D eigenvalue weighted by molar-refractivity contribution is 7.18. The van der Waals surface area contributed by atoms with Gasteiger partial charge in [-0.05, 0) is 30.3 Å². The average molecular weight is 311 g/mol. The van der Waals surface area contributed by atoms with Gasteiger partial charge in [0.15, 0.2) is 0 Å². The van der Waals surface area contributed by atoms with E-state index in [4.69, 9.17) is 10.00 Å². The molecular weight excluding hydrogens is 302 g/mol. The Hall–Kier alpha value is -2.98. The van der Waals surface area contributed by atoms with E-state index >= 15 is 0 Å². The highest BCUT2D eigenvalue weighted by atomic mass is 32.1. The Balaban J connectivity index is 1.76. The minimum absolute atomic E-state index is 0.0253. The lowest BCUT2D eigenvalue weighted by Crippen LogP contribution is -1.94. The number of nitro groups is 1. The van der Waals surface area contributed by atoms with Crippen molar-refractivity contribution in [3.8, 4) is 11.8 Å². The fourth-order valence-corrected chi connectivity index (χ4v) is 2.77. The van der Waals surface area contributed by atoms with E-state index in [1.807, 2.05) is 6.07 Å². The van der Waals surface area contributed by atoms with Gasteiger partial charge in [-0.3, -0.25) is 10.1 Å². The number of thiazole rings is 1. The molecule has 0 saturated carbocycles. The largest absolute Gasteiger partial charge is 0.486 e. The quantitative estimate of drug-likeness (QED) is 0.542. The molecule has 0 fully saturated rings. The standard InChI is InChI=1S/C15H9N3O3S/c16-8-10-1-4-12(5-2-10)21-9-15-17-13-7-11(18(19)20)3-6-14(13)22-15/h1-7H,9H2. The molecule has 22 heavy (non-hydrogen) atoms. The summed E-state index contributed by atoms with van der Waals surface area (Å²) in [5, 5.41) is 20.2. The molecule has 7 heteroatoms. The number of benzene rings is 2. The molecule has 2 aromatic carbocycles. The summed E-state index contributed by atoms with van der Waals surface area (Å²) in [6.07, 6.45) is 0. The molecular formula is C15H9N3O3S. The number of ether oxygens (including phenoxy) is 1.